The van der Waals surface area contributed by atoms with Crippen LogP contribution in [0.1, 0.15) is 32.8 Å². The van der Waals surface area contributed by atoms with Gasteiger partial charge in [0.15, 0.2) is 0 Å². The van der Waals surface area contributed by atoms with E-state index >= 15 is 0 Å². The number of nitrogens with zero attached hydrogens (tertiary/aromatic N) is 2. The van der Waals surface area contributed by atoms with Crippen molar-refractivity contribution >= 4 is 11.8 Å². The van der Waals surface area contributed by atoms with Crippen LogP contribution in [-0.2, 0) is 20.8 Å². The van der Waals surface area contributed by atoms with Gasteiger partial charge in [-0.2, -0.15) is 0 Å². The van der Waals surface area contributed by atoms with Gasteiger partial charge in [-0.15, -0.1) is 0 Å². The van der Waals surface area contributed by atoms with Crippen molar-refractivity contribution in [3.63, 3.8) is 0 Å². The lowest BCUT2D eigenvalue weighted by Gasteiger charge is -2.28. The number of methoxy groups -OCH3 is 2. The molecule has 5 heteroatoms. The van der Waals surface area contributed by atoms with Gasteiger partial charge in [-0.3, -0.25) is 0 Å². The minimum absolute atomic E-state index is 0.0687. The highest BCUT2D eigenvalue weighted by Crippen LogP contribution is 2.21. The number of ether oxygens (including phenoxy) is 3. The number of aliphatic imine (C=N–C) groups is 2. The molecule has 138 valence electrons. The molecular formula is C20H30N2O3. The van der Waals surface area contributed by atoms with Crippen LogP contribution < -0.4 is 0 Å². The van der Waals surface area contributed by atoms with E-state index in [0.29, 0.717) is 36.8 Å². The number of hydrogen-bond acceptors (Lipinski definition) is 5. The second-order valence-electron chi connectivity index (χ2n) is 6.89. The van der Waals surface area contributed by atoms with Crippen molar-refractivity contribution in [1.29, 1.82) is 0 Å². The largest absolute Gasteiger partial charge is 0.483 e. The Morgan fingerprint density at radius 1 is 0.960 bits per heavy atom. The highest BCUT2D eigenvalue weighted by Gasteiger charge is 2.31. The van der Waals surface area contributed by atoms with Gasteiger partial charge in [0.25, 0.3) is 0 Å². The second-order valence-corrected chi connectivity index (χ2v) is 6.89. The molecule has 0 bridgehead atoms. The molecule has 5 nitrogen and oxygen atoms in total. The molecule has 0 aliphatic carbocycles. The lowest BCUT2D eigenvalue weighted by Crippen LogP contribution is -2.38. The summed E-state index contributed by atoms with van der Waals surface area (Å²) in [6, 6.07) is 10.0. The van der Waals surface area contributed by atoms with Crippen molar-refractivity contribution in [2.75, 3.05) is 20.8 Å². The molecule has 1 aliphatic rings. The molecule has 1 aromatic carbocycles. The van der Waals surface area contributed by atoms with Gasteiger partial charge in [0.1, 0.15) is 12.1 Å². The summed E-state index contributed by atoms with van der Waals surface area (Å²) in [6.07, 6.45) is 0.819. The summed E-state index contributed by atoms with van der Waals surface area (Å²) in [6.45, 7) is 7.68. The van der Waals surface area contributed by atoms with Crippen molar-refractivity contribution in [3.05, 3.63) is 35.9 Å². The molecule has 0 N–H and O–H groups in total. The minimum atomic E-state index is -0.106. The Morgan fingerprint density at radius 3 is 2.24 bits per heavy atom. The summed E-state index contributed by atoms with van der Waals surface area (Å²) >= 11 is 0. The van der Waals surface area contributed by atoms with Gasteiger partial charge in [-0.1, -0.05) is 51.1 Å². The zero-order chi connectivity index (χ0) is 18.2. The number of hydrogen-bond donors (Lipinski definition) is 0. The first-order valence-electron chi connectivity index (χ1n) is 8.90. The van der Waals surface area contributed by atoms with Crippen molar-refractivity contribution in [1.82, 2.24) is 0 Å². The first-order valence-corrected chi connectivity index (χ1v) is 8.90. The predicted octanol–water partition coefficient (Wildman–Crippen LogP) is 3.73. The van der Waals surface area contributed by atoms with Gasteiger partial charge in [-0.05, 0) is 23.8 Å². The number of rotatable bonds is 7. The average molecular weight is 346 g/mol. The molecule has 3 atom stereocenters. The molecule has 0 radical (unpaired) electrons. The summed E-state index contributed by atoms with van der Waals surface area (Å²) in [5, 5.41) is 0. The van der Waals surface area contributed by atoms with Gasteiger partial charge >= 0.3 is 0 Å². The Morgan fingerprint density at radius 2 is 1.64 bits per heavy atom. The molecule has 0 saturated heterocycles. The highest BCUT2D eigenvalue weighted by atomic mass is 16.5. The quantitative estimate of drug-likeness (QED) is 0.756. The molecule has 0 spiro atoms. The van der Waals surface area contributed by atoms with Gasteiger partial charge in [0, 0.05) is 6.61 Å². The van der Waals surface area contributed by atoms with E-state index in [4.69, 9.17) is 24.2 Å². The molecule has 1 unspecified atom stereocenters. The van der Waals surface area contributed by atoms with Crippen LogP contribution in [0.15, 0.2) is 40.3 Å². The summed E-state index contributed by atoms with van der Waals surface area (Å²) < 4.78 is 16.8. The Kier molecular flexibility index (Phi) is 7.44. The summed E-state index contributed by atoms with van der Waals surface area (Å²) in [4.78, 5) is 9.46. The van der Waals surface area contributed by atoms with E-state index in [-0.39, 0.29) is 12.1 Å². The van der Waals surface area contributed by atoms with E-state index in [0.717, 1.165) is 6.42 Å². The Hall–Kier alpha value is -1.88. The van der Waals surface area contributed by atoms with Gasteiger partial charge < -0.3 is 14.2 Å². The maximum absolute atomic E-state index is 5.84. The lowest BCUT2D eigenvalue weighted by molar-refractivity contribution is 0.0883. The molecule has 1 heterocycles. The lowest BCUT2D eigenvalue weighted by atomic mass is 9.99. The van der Waals surface area contributed by atoms with Crippen LogP contribution >= 0.6 is 0 Å². The minimum Gasteiger partial charge on any atom is -0.483 e. The monoisotopic (exact) mass is 346 g/mol. The Bertz CT molecular complexity index is 584. The van der Waals surface area contributed by atoms with Crippen LogP contribution in [0.25, 0.3) is 0 Å². The third-order valence-corrected chi connectivity index (χ3v) is 4.28. The SMILES string of the molecule is COC1=N[C@H](C(C)C)C(OC)=N[C@H]1CC(C)COCc1ccccc1. The summed E-state index contributed by atoms with van der Waals surface area (Å²) in [5.74, 6) is 2.04. The van der Waals surface area contributed by atoms with Gasteiger partial charge in [0.2, 0.25) is 11.8 Å². The van der Waals surface area contributed by atoms with E-state index in [1.807, 2.05) is 18.2 Å². The molecule has 0 aromatic heterocycles. The van der Waals surface area contributed by atoms with Crippen LogP contribution in [0, 0.1) is 11.8 Å². The molecule has 1 aromatic rings. The summed E-state index contributed by atoms with van der Waals surface area (Å²) in [7, 11) is 3.32. The first kappa shape index (κ1) is 19.4. The fourth-order valence-electron chi connectivity index (χ4n) is 2.91. The van der Waals surface area contributed by atoms with Crippen LogP contribution in [0.5, 0.6) is 0 Å². The van der Waals surface area contributed by atoms with Crippen LogP contribution in [0.3, 0.4) is 0 Å². The third kappa shape index (κ3) is 5.56. The summed E-state index contributed by atoms with van der Waals surface area (Å²) in [5.41, 5.74) is 1.19. The molecule has 0 fully saturated rings. The van der Waals surface area contributed by atoms with E-state index in [9.17, 15) is 0 Å². The van der Waals surface area contributed by atoms with Gasteiger partial charge in [0.05, 0.1) is 20.8 Å². The first-order chi connectivity index (χ1) is 12.0. The van der Waals surface area contributed by atoms with Crippen molar-refractivity contribution in [3.8, 4) is 0 Å². The normalized spacial score (nSPS) is 21.5. The van der Waals surface area contributed by atoms with E-state index in [1.54, 1.807) is 14.2 Å². The predicted molar refractivity (Wildman–Crippen MR) is 101 cm³/mol. The van der Waals surface area contributed by atoms with E-state index in [1.165, 1.54) is 5.56 Å². The molecular weight excluding hydrogens is 316 g/mol. The topological polar surface area (TPSA) is 52.4 Å². The van der Waals surface area contributed by atoms with Crippen LogP contribution in [-0.4, -0.2) is 44.7 Å². The van der Waals surface area contributed by atoms with Crippen LogP contribution in [0.4, 0.5) is 0 Å². The van der Waals surface area contributed by atoms with Crippen molar-refractivity contribution < 1.29 is 14.2 Å². The fraction of sp³-hybridized carbons (Fsp3) is 0.600. The smallest absolute Gasteiger partial charge is 0.209 e. The van der Waals surface area contributed by atoms with E-state index < -0.39 is 0 Å². The third-order valence-electron chi connectivity index (χ3n) is 4.28. The van der Waals surface area contributed by atoms with E-state index in [2.05, 4.69) is 32.9 Å². The van der Waals surface area contributed by atoms with Gasteiger partial charge in [-0.25, -0.2) is 9.98 Å². The Balaban J connectivity index is 1.91. The second kappa shape index (κ2) is 9.56. The van der Waals surface area contributed by atoms with Crippen LogP contribution in [0.2, 0.25) is 0 Å². The highest BCUT2D eigenvalue weighted by molar-refractivity contribution is 5.94. The fourth-order valence-corrected chi connectivity index (χ4v) is 2.91. The average Bonchev–Trinajstić information content (AvgIpc) is 2.62. The standard InChI is InChI=1S/C20H30N2O3/c1-14(2)18-20(24-5)21-17(19(22-18)23-4)11-15(3)12-25-13-16-9-7-6-8-10-16/h6-10,14-15,17-18H,11-13H2,1-5H3/t15?,17-,18+/m0/s1. The maximum Gasteiger partial charge on any atom is 0.209 e. The maximum atomic E-state index is 5.84. The number of benzene rings is 1. The molecule has 2 rings (SSSR count). The zero-order valence-electron chi connectivity index (χ0n) is 15.9. The molecule has 25 heavy (non-hydrogen) atoms. The Labute approximate surface area is 151 Å². The van der Waals surface area contributed by atoms with Crippen molar-refractivity contribution in [2.45, 2.75) is 45.9 Å². The molecule has 0 amide bonds. The molecule has 0 saturated carbocycles. The van der Waals surface area contributed by atoms with Crippen molar-refractivity contribution in [2.24, 2.45) is 21.8 Å². The zero-order valence-corrected chi connectivity index (χ0v) is 15.9. The molecule has 1 aliphatic heterocycles.